The van der Waals surface area contributed by atoms with Crippen molar-refractivity contribution in [3.05, 3.63) is 59.7 Å². The molecule has 1 amide bonds. The molecule has 0 saturated carbocycles. The van der Waals surface area contributed by atoms with Gasteiger partial charge >= 0.3 is 0 Å². The first-order valence-corrected chi connectivity index (χ1v) is 7.97. The number of rotatable bonds is 5. The maximum Gasteiger partial charge on any atom is 0.251 e. The van der Waals surface area contributed by atoms with Gasteiger partial charge < -0.3 is 14.8 Å². The Morgan fingerprint density at radius 3 is 2.61 bits per heavy atom. The van der Waals surface area contributed by atoms with Gasteiger partial charge in [0.15, 0.2) is 11.5 Å². The Balaban J connectivity index is 1.56. The summed E-state index contributed by atoms with van der Waals surface area (Å²) in [6.45, 7) is 3.10. The van der Waals surface area contributed by atoms with Crippen molar-refractivity contribution < 1.29 is 14.3 Å². The predicted octanol–water partition coefficient (Wildman–Crippen LogP) is 3.21. The lowest BCUT2D eigenvalue weighted by Gasteiger charge is -2.19. The average molecular weight is 311 g/mol. The third-order valence-corrected chi connectivity index (χ3v) is 3.89. The Morgan fingerprint density at radius 2 is 1.83 bits per heavy atom. The minimum atomic E-state index is -0.0810. The highest BCUT2D eigenvalue weighted by molar-refractivity contribution is 5.95. The van der Waals surface area contributed by atoms with E-state index < -0.39 is 0 Å². The molecule has 0 aromatic heterocycles. The molecule has 23 heavy (non-hydrogen) atoms. The maximum absolute atomic E-state index is 12.3. The fourth-order valence-electron chi connectivity index (χ4n) is 2.59. The molecule has 0 fully saturated rings. The van der Waals surface area contributed by atoms with Gasteiger partial charge in [0.25, 0.3) is 5.91 Å². The van der Waals surface area contributed by atoms with Crippen molar-refractivity contribution in [2.75, 3.05) is 13.2 Å². The van der Waals surface area contributed by atoms with Crippen LogP contribution in [0.15, 0.2) is 48.5 Å². The molecule has 0 saturated heterocycles. The molecular formula is C19H21NO3. The molecule has 0 spiro atoms. The lowest BCUT2D eigenvalue weighted by atomic mass is 10.1. The zero-order valence-electron chi connectivity index (χ0n) is 13.2. The molecule has 0 aliphatic carbocycles. The van der Waals surface area contributed by atoms with Crippen LogP contribution in [0, 0.1) is 0 Å². The van der Waals surface area contributed by atoms with Crippen LogP contribution in [0.2, 0.25) is 0 Å². The first-order chi connectivity index (χ1) is 11.2. The molecule has 2 aromatic carbocycles. The Bertz CT molecular complexity index is 670. The molecule has 1 aliphatic rings. The predicted molar refractivity (Wildman–Crippen MR) is 89.1 cm³/mol. The third kappa shape index (κ3) is 4.03. The minimum Gasteiger partial charge on any atom is -0.486 e. The van der Waals surface area contributed by atoms with E-state index in [0.717, 1.165) is 12.8 Å². The summed E-state index contributed by atoms with van der Waals surface area (Å²) >= 11 is 0. The summed E-state index contributed by atoms with van der Waals surface area (Å²) < 4.78 is 11.0. The van der Waals surface area contributed by atoms with Crippen molar-refractivity contribution in [1.82, 2.24) is 5.32 Å². The highest BCUT2D eigenvalue weighted by Gasteiger charge is 2.16. The SMILES string of the molecule is C[C@H](CCc1ccccc1)NC(=O)c1ccc2c(c1)OCCO2. The monoisotopic (exact) mass is 311 g/mol. The summed E-state index contributed by atoms with van der Waals surface area (Å²) in [5.41, 5.74) is 1.88. The summed E-state index contributed by atoms with van der Waals surface area (Å²) in [4.78, 5) is 12.3. The van der Waals surface area contributed by atoms with E-state index in [0.29, 0.717) is 30.3 Å². The van der Waals surface area contributed by atoms with E-state index in [1.54, 1.807) is 18.2 Å². The average Bonchev–Trinajstić information content (AvgIpc) is 2.60. The number of aryl methyl sites for hydroxylation is 1. The topological polar surface area (TPSA) is 47.6 Å². The molecular weight excluding hydrogens is 290 g/mol. The van der Waals surface area contributed by atoms with Gasteiger partial charge in [-0.2, -0.15) is 0 Å². The van der Waals surface area contributed by atoms with Crippen LogP contribution in [0.1, 0.15) is 29.3 Å². The van der Waals surface area contributed by atoms with Gasteiger partial charge in [-0.3, -0.25) is 4.79 Å². The van der Waals surface area contributed by atoms with Crippen LogP contribution in [-0.2, 0) is 6.42 Å². The van der Waals surface area contributed by atoms with Crippen LogP contribution >= 0.6 is 0 Å². The number of carbonyl (C=O) groups excluding carboxylic acids is 1. The van der Waals surface area contributed by atoms with Crippen LogP contribution in [-0.4, -0.2) is 25.2 Å². The molecule has 2 aromatic rings. The normalized spacial score (nSPS) is 14.1. The first kappa shape index (κ1) is 15.4. The molecule has 1 N–H and O–H groups in total. The van der Waals surface area contributed by atoms with Gasteiger partial charge in [0.1, 0.15) is 13.2 Å². The molecule has 4 heteroatoms. The molecule has 0 bridgehead atoms. The van der Waals surface area contributed by atoms with Gasteiger partial charge in [-0.15, -0.1) is 0 Å². The van der Waals surface area contributed by atoms with Crippen LogP contribution < -0.4 is 14.8 Å². The number of amides is 1. The smallest absolute Gasteiger partial charge is 0.251 e. The van der Waals surface area contributed by atoms with E-state index in [4.69, 9.17) is 9.47 Å². The lowest BCUT2D eigenvalue weighted by molar-refractivity contribution is 0.0937. The van der Waals surface area contributed by atoms with Crippen LogP contribution in [0.5, 0.6) is 11.5 Å². The van der Waals surface area contributed by atoms with Crippen molar-refractivity contribution in [2.24, 2.45) is 0 Å². The maximum atomic E-state index is 12.3. The second-order valence-electron chi connectivity index (χ2n) is 5.76. The van der Waals surface area contributed by atoms with Gasteiger partial charge in [-0.1, -0.05) is 30.3 Å². The first-order valence-electron chi connectivity index (χ1n) is 7.97. The van der Waals surface area contributed by atoms with Crippen molar-refractivity contribution in [2.45, 2.75) is 25.8 Å². The largest absolute Gasteiger partial charge is 0.486 e. The van der Waals surface area contributed by atoms with E-state index in [1.165, 1.54) is 5.56 Å². The molecule has 0 radical (unpaired) electrons. The Morgan fingerprint density at radius 1 is 1.09 bits per heavy atom. The molecule has 4 nitrogen and oxygen atoms in total. The quantitative estimate of drug-likeness (QED) is 0.922. The fourth-order valence-corrected chi connectivity index (χ4v) is 2.59. The van der Waals surface area contributed by atoms with E-state index in [9.17, 15) is 4.79 Å². The number of fused-ring (bicyclic) bond motifs is 1. The number of carbonyl (C=O) groups is 1. The molecule has 1 aliphatic heterocycles. The number of ether oxygens (including phenoxy) is 2. The Labute approximate surface area is 136 Å². The van der Waals surface area contributed by atoms with Crippen LogP contribution in [0.3, 0.4) is 0 Å². The van der Waals surface area contributed by atoms with Gasteiger partial charge in [0.2, 0.25) is 0 Å². The zero-order valence-corrected chi connectivity index (χ0v) is 13.2. The standard InChI is InChI=1S/C19H21NO3/c1-14(7-8-15-5-3-2-4-6-15)20-19(21)16-9-10-17-18(13-16)23-12-11-22-17/h2-6,9-10,13-14H,7-8,11-12H2,1H3,(H,20,21)/t14-/m1/s1. The van der Waals surface area contributed by atoms with Crippen molar-refractivity contribution >= 4 is 5.91 Å². The van der Waals surface area contributed by atoms with Gasteiger partial charge in [-0.05, 0) is 43.5 Å². The minimum absolute atomic E-state index is 0.0810. The van der Waals surface area contributed by atoms with E-state index in [1.807, 2.05) is 25.1 Å². The fraction of sp³-hybridized carbons (Fsp3) is 0.316. The number of nitrogens with one attached hydrogen (secondary N) is 1. The van der Waals surface area contributed by atoms with Gasteiger partial charge in [0.05, 0.1) is 0 Å². The van der Waals surface area contributed by atoms with Crippen LogP contribution in [0.25, 0.3) is 0 Å². The highest BCUT2D eigenvalue weighted by atomic mass is 16.6. The third-order valence-electron chi connectivity index (χ3n) is 3.89. The Hall–Kier alpha value is -2.49. The summed E-state index contributed by atoms with van der Waals surface area (Å²) in [5, 5.41) is 3.04. The van der Waals surface area contributed by atoms with E-state index >= 15 is 0 Å². The summed E-state index contributed by atoms with van der Waals surface area (Å²) in [7, 11) is 0. The van der Waals surface area contributed by atoms with E-state index in [2.05, 4.69) is 17.4 Å². The second kappa shape index (κ2) is 7.18. The number of hydrogen-bond donors (Lipinski definition) is 1. The molecule has 3 rings (SSSR count). The Kier molecular flexibility index (Phi) is 4.81. The molecule has 1 atom stereocenters. The van der Waals surface area contributed by atoms with Crippen molar-refractivity contribution in [3.63, 3.8) is 0 Å². The summed E-state index contributed by atoms with van der Waals surface area (Å²) in [5.74, 6) is 1.26. The summed E-state index contributed by atoms with van der Waals surface area (Å²) in [6.07, 6.45) is 1.85. The molecule has 0 unspecified atom stereocenters. The number of hydrogen-bond acceptors (Lipinski definition) is 3. The van der Waals surface area contributed by atoms with E-state index in [-0.39, 0.29) is 11.9 Å². The van der Waals surface area contributed by atoms with Crippen molar-refractivity contribution in [3.8, 4) is 11.5 Å². The van der Waals surface area contributed by atoms with Crippen LogP contribution in [0.4, 0.5) is 0 Å². The summed E-state index contributed by atoms with van der Waals surface area (Å²) in [6, 6.07) is 15.7. The van der Waals surface area contributed by atoms with Gasteiger partial charge in [-0.25, -0.2) is 0 Å². The molecule has 120 valence electrons. The molecule has 1 heterocycles. The van der Waals surface area contributed by atoms with Crippen molar-refractivity contribution in [1.29, 1.82) is 0 Å². The zero-order chi connectivity index (χ0) is 16.1. The second-order valence-corrected chi connectivity index (χ2v) is 5.76. The van der Waals surface area contributed by atoms with Gasteiger partial charge in [0, 0.05) is 11.6 Å². The lowest BCUT2D eigenvalue weighted by Crippen LogP contribution is -2.33. The number of benzene rings is 2. The highest BCUT2D eigenvalue weighted by Crippen LogP contribution is 2.30.